The van der Waals surface area contributed by atoms with Gasteiger partial charge in [-0.1, -0.05) is 6.07 Å². The SMILES string of the molecule is Cc1cccn2c(=O)c(OC(=O)O)c(-c3cc(O)ccc3N)nc12. The topological polar surface area (TPSA) is 127 Å². The van der Waals surface area contributed by atoms with E-state index in [-0.39, 0.29) is 22.7 Å². The maximum atomic E-state index is 12.6. The van der Waals surface area contributed by atoms with Crippen molar-refractivity contribution in [1.82, 2.24) is 9.38 Å². The average molecular weight is 327 g/mol. The molecule has 0 amide bonds. The van der Waals surface area contributed by atoms with Crippen molar-refractivity contribution in [2.75, 3.05) is 5.73 Å². The van der Waals surface area contributed by atoms with Gasteiger partial charge in [0.25, 0.3) is 0 Å². The molecule has 0 saturated carbocycles. The third kappa shape index (κ3) is 2.50. The molecule has 122 valence electrons. The van der Waals surface area contributed by atoms with Gasteiger partial charge in [-0.25, -0.2) is 9.78 Å². The molecule has 8 heteroatoms. The Hall–Kier alpha value is -3.55. The van der Waals surface area contributed by atoms with Gasteiger partial charge in [-0.2, -0.15) is 0 Å². The number of benzene rings is 1. The van der Waals surface area contributed by atoms with Crippen molar-refractivity contribution >= 4 is 17.5 Å². The predicted octanol–water partition coefficient (Wildman–Crippen LogP) is 2.01. The second-order valence-electron chi connectivity index (χ2n) is 5.12. The standard InChI is InChI=1S/C16H13N3O5/c1-8-3-2-6-19-14(8)18-12(13(15(19)21)24-16(22)23)10-7-9(20)4-5-11(10)17/h2-7,20H,17H2,1H3,(H,22,23). The zero-order chi connectivity index (χ0) is 17.4. The second-order valence-corrected chi connectivity index (χ2v) is 5.12. The molecule has 0 fully saturated rings. The Morgan fingerprint density at radius 3 is 2.79 bits per heavy atom. The fraction of sp³-hybridized carbons (Fsp3) is 0.0625. The number of fused-ring (bicyclic) bond motifs is 1. The van der Waals surface area contributed by atoms with Crippen molar-refractivity contribution in [3.05, 3.63) is 52.4 Å². The summed E-state index contributed by atoms with van der Waals surface area (Å²) in [5.74, 6) is -0.588. The number of aryl methyl sites for hydroxylation is 1. The Bertz CT molecular complexity index is 1030. The van der Waals surface area contributed by atoms with Gasteiger partial charge < -0.3 is 20.7 Å². The molecule has 0 aliphatic heterocycles. The van der Waals surface area contributed by atoms with Crippen LogP contribution in [-0.2, 0) is 0 Å². The van der Waals surface area contributed by atoms with E-state index in [4.69, 9.17) is 10.8 Å². The molecule has 0 radical (unpaired) electrons. The molecular formula is C16H13N3O5. The van der Waals surface area contributed by atoms with Gasteiger partial charge in [0.1, 0.15) is 17.1 Å². The zero-order valence-electron chi connectivity index (χ0n) is 12.6. The van der Waals surface area contributed by atoms with Crippen LogP contribution in [0.5, 0.6) is 11.5 Å². The molecule has 1 aromatic carbocycles. The number of ether oxygens (including phenoxy) is 1. The summed E-state index contributed by atoms with van der Waals surface area (Å²) in [7, 11) is 0. The number of hydrogen-bond acceptors (Lipinski definition) is 6. The average Bonchev–Trinajstić information content (AvgIpc) is 2.53. The van der Waals surface area contributed by atoms with Crippen molar-refractivity contribution in [3.63, 3.8) is 0 Å². The molecule has 8 nitrogen and oxygen atoms in total. The van der Waals surface area contributed by atoms with Gasteiger partial charge in [-0.05, 0) is 36.8 Å². The quantitative estimate of drug-likeness (QED) is 0.373. The molecule has 0 saturated heterocycles. The van der Waals surface area contributed by atoms with Crippen LogP contribution in [0.3, 0.4) is 0 Å². The van der Waals surface area contributed by atoms with E-state index in [0.717, 1.165) is 0 Å². The van der Waals surface area contributed by atoms with E-state index < -0.39 is 17.5 Å². The number of nitrogen functional groups attached to an aromatic ring is 1. The van der Waals surface area contributed by atoms with Gasteiger partial charge in [-0.15, -0.1) is 0 Å². The Labute approximate surface area is 135 Å². The molecule has 2 heterocycles. The molecule has 3 rings (SSSR count). The van der Waals surface area contributed by atoms with Gasteiger partial charge in [0.15, 0.2) is 0 Å². The highest BCUT2D eigenvalue weighted by atomic mass is 16.7. The Kier molecular flexibility index (Phi) is 3.57. The van der Waals surface area contributed by atoms with Crippen LogP contribution in [0.25, 0.3) is 16.9 Å². The maximum Gasteiger partial charge on any atom is 0.511 e. The summed E-state index contributed by atoms with van der Waals surface area (Å²) in [5, 5.41) is 18.6. The van der Waals surface area contributed by atoms with Gasteiger partial charge in [0, 0.05) is 17.4 Å². The Morgan fingerprint density at radius 1 is 1.33 bits per heavy atom. The highest BCUT2D eigenvalue weighted by Crippen LogP contribution is 2.33. The molecule has 0 bridgehead atoms. The van der Waals surface area contributed by atoms with E-state index in [9.17, 15) is 14.7 Å². The zero-order valence-corrected chi connectivity index (χ0v) is 12.6. The smallest absolute Gasteiger partial charge is 0.508 e. The number of carboxylic acid groups (broad SMARTS) is 1. The van der Waals surface area contributed by atoms with E-state index in [1.807, 2.05) is 0 Å². The number of phenols is 1. The van der Waals surface area contributed by atoms with Gasteiger partial charge >= 0.3 is 11.7 Å². The number of carbonyl (C=O) groups is 1. The Morgan fingerprint density at radius 2 is 2.08 bits per heavy atom. The number of aromatic hydroxyl groups is 1. The number of hydrogen-bond donors (Lipinski definition) is 3. The van der Waals surface area contributed by atoms with E-state index in [0.29, 0.717) is 11.2 Å². The largest absolute Gasteiger partial charge is 0.511 e. The van der Waals surface area contributed by atoms with Crippen LogP contribution in [0.4, 0.5) is 10.5 Å². The van der Waals surface area contributed by atoms with Gasteiger partial charge in [0.05, 0.1) is 0 Å². The van der Waals surface area contributed by atoms with Crippen LogP contribution in [0.15, 0.2) is 41.3 Å². The molecule has 0 aliphatic carbocycles. The second kappa shape index (κ2) is 5.58. The molecule has 4 N–H and O–H groups in total. The number of anilines is 1. The van der Waals surface area contributed by atoms with Crippen LogP contribution in [0, 0.1) is 6.92 Å². The van der Waals surface area contributed by atoms with Crippen LogP contribution < -0.4 is 16.0 Å². The molecule has 2 aromatic heterocycles. The lowest BCUT2D eigenvalue weighted by Gasteiger charge is -2.12. The third-order valence-corrected chi connectivity index (χ3v) is 3.49. The highest BCUT2D eigenvalue weighted by Gasteiger charge is 2.21. The number of nitrogens with two attached hydrogens (primary N) is 1. The molecular weight excluding hydrogens is 314 g/mol. The van der Waals surface area contributed by atoms with E-state index in [1.54, 1.807) is 19.1 Å². The lowest BCUT2D eigenvalue weighted by atomic mass is 10.1. The first-order valence-corrected chi connectivity index (χ1v) is 6.90. The highest BCUT2D eigenvalue weighted by molar-refractivity contribution is 5.81. The minimum atomic E-state index is -1.65. The summed E-state index contributed by atoms with van der Waals surface area (Å²) in [6.07, 6.45) is -0.191. The molecule has 0 unspecified atom stereocenters. The third-order valence-electron chi connectivity index (χ3n) is 3.49. The van der Waals surface area contributed by atoms with Gasteiger partial charge in [-0.3, -0.25) is 9.20 Å². The first kappa shape index (κ1) is 15.3. The Balaban J connectivity index is 2.45. The monoisotopic (exact) mass is 327 g/mol. The normalized spacial score (nSPS) is 10.7. The minimum absolute atomic E-state index is 0.0508. The fourth-order valence-corrected chi connectivity index (χ4v) is 2.39. The van der Waals surface area contributed by atoms with E-state index in [2.05, 4.69) is 9.72 Å². The lowest BCUT2D eigenvalue weighted by molar-refractivity contribution is 0.144. The fourth-order valence-electron chi connectivity index (χ4n) is 2.39. The van der Waals surface area contributed by atoms with Crippen molar-refractivity contribution in [2.24, 2.45) is 0 Å². The maximum absolute atomic E-state index is 12.6. The number of rotatable bonds is 2. The van der Waals surface area contributed by atoms with E-state index >= 15 is 0 Å². The van der Waals surface area contributed by atoms with Crippen LogP contribution >= 0.6 is 0 Å². The van der Waals surface area contributed by atoms with Crippen molar-refractivity contribution in [2.45, 2.75) is 6.92 Å². The molecule has 3 aromatic rings. The molecule has 0 aliphatic rings. The number of nitrogens with zero attached hydrogens (tertiary/aromatic N) is 2. The lowest BCUT2D eigenvalue weighted by Crippen LogP contribution is -2.22. The molecule has 24 heavy (non-hydrogen) atoms. The summed E-state index contributed by atoms with van der Waals surface area (Å²) >= 11 is 0. The summed E-state index contributed by atoms with van der Waals surface area (Å²) in [4.78, 5) is 28.0. The first-order chi connectivity index (χ1) is 11.4. The summed E-state index contributed by atoms with van der Waals surface area (Å²) in [6.45, 7) is 1.76. The van der Waals surface area contributed by atoms with E-state index in [1.165, 1.54) is 28.8 Å². The number of pyridine rings is 1. The molecule has 0 spiro atoms. The van der Waals surface area contributed by atoms with Crippen LogP contribution in [-0.4, -0.2) is 25.8 Å². The van der Waals surface area contributed by atoms with Gasteiger partial charge in [0.2, 0.25) is 5.75 Å². The summed E-state index contributed by atoms with van der Waals surface area (Å²) < 4.78 is 5.85. The van der Waals surface area contributed by atoms with Crippen molar-refractivity contribution < 1.29 is 19.7 Å². The summed E-state index contributed by atoms with van der Waals surface area (Å²) in [6, 6.07) is 7.49. The minimum Gasteiger partial charge on any atom is -0.508 e. The van der Waals surface area contributed by atoms with Crippen molar-refractivity contribution in [3.8, 4) is 22.8 Å². The number of phenolic OH excluding ortho intramolecular Hbond substituents is 1. The molecule has 0 atom stereocenters. The van der Waals surface area contributed by atoms with Crippen LogP contribution in [0.2, 0.25) is 0 Å². The summed E-state index contributed by atoms with van der Waals surface area (Å²) in [5.41, 5.74) is 6.60. The van der Waals surface area contributed by atoms with Crippen molar-refractivity contribution in [1.29, 1.82) is 0 Å². The van der Waals surface area contributed by atoms with Crippen LogP contribution in [0.1, 0.15) is 5.56 Å². The predicted molar refractivity (Wildman–Crippen MR) is 86.4 cm³/mol. The first-order valence-electron chi connectivity index (χ1n) is 6.90. The number of aromatic nitrogens is 2.